The number of piperidine rings is 1. The van der Waals surface area contributed by atoms with Crippen molar-refractivity contribution < 1.29 is 97.0 Å². The van der Waals surface area contributed by atoms with E-state index in [0.717, 1.165) is 0 Å². The van der Waals surface area contributed by atoms with Gasteiger partial charge in [0.2, 0.25) is 0 Å². The molecule has 1 rings (SSSR count). The number of carbonyl (C=O) groups is 1. The maximum Gasteiger partial charge on any atom is 0.440 e. The number of halogens is 21. The van der Waals surface area contributed by atoms with Crippen molar-refractivity contribution in [3.05, 3.63) is 0 Å². The highest BCUT2D eigenvalue weighted by Gasteiger charge is 3.06. The molecule has 1 saturated heterocycles. The fourth-order valence-electron chi connectivity index (χ4n) is 2.70. The van der Waals surface area contributed by atoms with Crippen LogP contribution in [0.15, 0.2) is 0 Å². The predicted molar refractivity (Wildman–Crippen MR) is 57.4 cm³/mol. The zero-order valence-corrected chi connectivity index (χ0v) is 14.3. The maximum atomic E-state index is 14.0. The number of rotatable bonds is 3. The average Bonchev–Trinajstić information content (AvgIpc) is 2.53. The molecule has 0 aromatic rings. The van der Waals surface area contributed by atoms with E-state index >= 15 is 0 Å². The highest BCUT2D eigenvalue weighted by atomic mass is 19.4. The Bertz CT molecular complexity index is 795. The Morgan fingerprint density at radius 1 is 0.559 bits per heavy atom. The molecule has 0 saturated carbocycles. The van der Waals surface area contributed by atoms with Gasteiger partial charge in [-0.2, -0.15) is 79.0 Å². The molecule has 0 radical (unpaired) electrons. The first-order chi connectivity index (χ1) is 14.3. The summed E-state index contributed by atoms with van der Waals surface area (Å²) in [5.41, 5.74) is -26.2. The molecule has 3 atom stereocenters. The molecule has 0 aliphatic carbocycles. The molecule has 0 N–H and O–H groups in total. The van der Waals surface area contributed by atoms with E-state index in [1.165, 1.54) is 0 Å². The SMILES string of the molecule is O=C(F)C(F)(C(F)(F)F)C(F)(F)N1C(F)(F)C(F)(C(F)(F)F)C(F)(F)C(F)(C(F)(F)F)C1(F)F. The lowest BCUT2D eigenvalue weighted by Crippen LogP contribution is -2.92. The van der Waals surface area contributed by atoms with Crippen LogP contribution >= 0.6 is 0 Å². The van der Waals surface area contributed by atoms with E-state index in [1.807, 2.05) is 0 Å². The molecule has 1 aliphatic rings. The third-order valence-corrected chi connectivity index (χ3v) is 4.39. The molecule has 0 spiro atoms. The van der Waals surface area contributed by atoms with Crippen molar-refractivity contribution in [2.75, 3.05) is 0 Å². The van der Waals surface area contributed by atoms with Crippen molar-refractivity contribution in [2.24, 2.45) is 0 Å². The molecule has 23 heteroatoms. The van der Waals surface area contributed by atoms with Crippen LogP contribution in [0.25, 0.3) is 0 Å². The second-order valence-corrected chi connectivity index (χ2v) is 6.28. The maximum absolute atomic E-state index is 14.0. The van der Waals surface area contributed by atoms with E-state index in [-0.39, 0.29) is 0 Å². The molecule has 3 unspecified atom stereocenters. The zero-order valence-electron chi connectivity index (χ0n) is 14.3. The summed E-state index contributed by atoms with van der Waals surface area (Å²) in [5.74, 6) is -8.92. The van der Waals surface area contributed by atoms with Gasteiger partial charge in [-0.3, -0.25) is 4.79 Å². The van der Waals surface area contributed by atoms with Gasteiger partial charge in [0.05, 0.1) is 0 Å². The Balaban J connectivity index is 4.47. The molecule has 1 aliphatic heterocycles. The van der Waals surface area contributed by atoms with Crippen LogP contribution in [0.3, 0.4) is 0 Å². The van der Waals surface area contributed by atoms with Crippen LogP contribution in [-0.4, -0.2) is 70.5 Å². The Kier molecular flexibility index (Phi) is 6.11. The van der Waals surface area contributed by atoms with E-state index in [9.17, 15) is 97.0 Å². The second kappa shape index (κ2) is 6.89. The van der Waals surface area contributed by atoms with Gasteiger partial charge in [-0.1, -0.05) is 0 Å². The third kappa shape index (κ3) is 2.89. The Morgan fingerprint density at radius 2 is 0.824 bits per heavy atom. The van der Waals surface area contributed by atoms with Crippen LogP contribution < -0.4 is 0 Å². The first-order valence-corrected chi connectivity index (χ1v) is 7.09. The van der Waals surface area contributed by atoms with Crippen molar-refractivity contribution >= 4 is 6.04 Å². The summed E-state index contributed by atoms with van der Waals surface area (Å²) in [6, 6.07) is -32.1. The molecule has 0 aromatic carbocycles. The number of alkyl halides is 20. The van der Waals surface area contributed by atoms with E-state index < -0.39 is 70.5 Å². The van der Waals surface area contributed by atoms with Crippen LogP contribution in [0.5, 0.6) is 0 Å². The van der Waals surface area contributed by atoms with Crippen LogP contribution in [0.2, 0.25) is 0 Å². The summed E-state index contributed by atoms with van der Waals surface area (Å²) >= 11 is 0. The highest BCUT2D eigenvalue weighted by molar-refractivity contribution is 5.81. The third-order valence-electron chi connectivity index (χ3n) is 4.39. The summed E-state index contributed by atoms with van der Waals surface area (Å²) in [4.78, 5) is 4.95. The molecule has 2 nitrogen and oxygen atoms in total. The summed E-state index contributed by atoms with van der Waals surface area (Å²) in [6.07, 6.45) is -25.2. The van der Waals surface area contributed by atoms with Crippen molar-refractivity contribution in [1.82, 2.24) is 4.90 Å². The Labute approximate surface area is 169 Å². The minimum atomic E-state index is -8.95. The van der Waals surface area contributed by atoms with Gasteiger partial charge in [0.25, 0.3) is 0 Å². The Morgan fingerprint density at radius 3 is 1.00 bits per heavy atom. The predicted octanol–water partition coefficient (Wildman–Crippen LogP) is 6.02. The minimum Gasteiger partial charge on any atom is -0.257 e. The van der Waals surface area contributed by atoms with E-state index in [1.54, 1.807) is 0 Å². The van der Waals surface area contributed by atoms with Crippen LogP contribution in [-0.2, 0) is 4.79 Å². The molecule has 0 bridgehead atoms. The first-order valence-electron chi connectivity index (χ1n) is 7.09. The highest BCUT2D eigenvalue weighted by Crippen LogP contribution is 2.73. The quantitative estimate of drug-likeness (QED) is 0.239. The molecule has 34 heavy (non-hydrogen) atoms. The Hall–Kier alpha value is -1.84. The lowest BCUT2D eigenvalue weighted by atomic mass is 9.74. The largest absolute Gasteiger partial charge is 0.440 e. The molecule has 1 heterocycles. The number of hydrogen-bond acceptors (Lipinski definition) is 2. The van der Waals surface area contributed by atoms with Gasteiger partial charge in [-0.15, -0.1) is 4.90 Å². The lowest BCUT2D eigenvalue weighted by molar-refractivity contribution is -0.556. The average molecular weight is 561 g/mol. The molecule has 202 valence electrons. The van der Waals surface area contributed by atoms with Crippen molar-refractivity contribution in [1.29, 1.82) is 0 Å². The van der Waals surface area contributed by atoms with Gasteiger partial charge >= 0.3 is 65.6 Å². The minimum absolute atomic E-state index is 5.18. The normalized spacial score (nSPS) is 32.3. The van der Waals surface area contributed by atoms with E-state index in [2.05, 4.69) is 0 Å². The zero-order chi connectivity index (χ0) is 28.2. The standard InChI is InChI=1S/C11F21NO/c12-1(34)2(13,6(18,19)20)9(27,28)33-10(29,30)3(14,7(21,22)23)5(16,17)4(15,8(24,25)26)11(33,31)32. The van der Waals surface area contributed by atoms with Crippen LogP contribution in [0.1, 0.15) is 0 Å². The summed E-state index contributed by atoms with van der Waals surface area (Å²) < 4.78 is 279. The van der Waals surface area contributed by atoms with Gasteiger partial charge in [-0.25, -0.2) is 13.2 Å². The molecule has 0 amide bonds. The van der Waals surface area contributed by atoms with Gasteiger partial charge in [-0.05, 0) is 0 Å². The summed E-state index contributed by atoms with van der Waals surface area (Å²) in [6.45, 7) is 0. The topological polar surface area (TPSA) is 20.3 Å². The fraction of sp³-hybridized carbons (Fsp3) is 0.909. The van der Waals surface area contributed by atoms with E-state index in [0.29, 0.717) is 0 Å². The number of hydrogen-bond donors (Lipinski definition) is 0. The van der Waals surface area contributed by atoms with Gasteiger partial charge < -0.3 is 0 Å². The van der Waals surface area contributed by atoms with Crippen molar-refractivity contribution in [3.63, 3.8) is 0 Å². The van der Waals surface area contributed by atoms with Crippen molar-refractivity contribution in [3.8, 4) is 0 Å². The number of carbonyl (C=O) groups excluding carboxylic acids is 1. The number of nitrogens with zero attached hydrogens (tertiary/aromatic N) is 1. The first kappa shape index (κ1) is 30.2. The molecule has 1 fully saturated rings. The summed E-state index contributed by atoms with van der Waals surface area (Å²) in [7, 11) is 0. The van der Waals surface area contributed by atoms with Crippen molar-refractivity contribution in [2.45, 2.75) is 59.6 Å². The van der Waals surface area contributed by atoms with Gasteiger partial charge in [0, 0.05) is 0 Å². The fourth-order valence-corrected chi connectivity index (χ4v) is 2.70. The van der Waals surface area contributed by atoms with Gasteiger partial charge in [0.1, 0.15) is 0 Å². The van der Waals surface area contributed by atoms with E-state index in [4.69, 9.17) is 0 Å². The monoisotopic (exact) mass is 561 g/mol. The molecular weight excluding hydrogens is 561 g/mol. The van der Waals surface area contributed by atoms with Crippen LogP contribution in [0, 0.1) is 0 Å². The smallest absolute Gasteiger partial charge is 0.257 e. The molecule has 0 aromatic heterocycles. The second-order valence-electron chi connectivity index (χ2n) is 6.28. The number of likely N-dealkylation sites (tertiary alicyclic amines) is 1. The lowest BCUT2D eigenvalue weighted by Gasteiger charge is -2.58. The molecular formula is C11F21NO. The van der Waals surface area contributed by atoms with Crippen LogP contribution in [0.4, 0.5) is 92.2 Å². The van der Waals surface area contributed by atoms with Gasteiger partial charge in [0.15, 0.2) is 0 Å². The summed E-state index contributed by atoms with van der Waals surface area (Å²) in [5, 5.41) is 0.